The van der Waals surface area contributed by atoms with E-state index in [4.69, 9.17) is 5.26 Å². The van der Waals surface area contributed by atoms with Gasteiger partial charge in [0.2, 0.25) is 0 Å². The third kappa shape index (κ3) is 2.79. The van der Waals surface area contributed by atoms with E-state index in [1.807, 2.05) is 6.07 Å². The Morgan fingerprint density at radius 2 is 2.19 bits per heavy atom. The Morgan fingerprint density at radius 3 is 3.05 bits per heavy atom. The van der Waals surface area contributed by atoms with Crippen molar-refractivity contribution >= 4 is 11.5 Å². The normalized spacial score (nSPS) is 17.5. The zero-order valence-electron chi connectivity index (χ0n) is 12.0. The van der Waals surface area contributed by atoms with Crippen LogP contribution in [0.1, 0.15) is 30.1 Å². The third-order valence-corrected chi connectivity index (χ3v) is 3.78. The van der Waals surface area contributed by atoms with Crippen LogP contribution >= 0.6 is 0 Å². The van der Waals surface area contributed by atoms with Gasteiger partial charge in [0.1, 0.15) is 11.9 Å². The van der Waals surface area contributed by atoms with Gasteiger partial charge in [0.05, 0.1) is 18.4 Å². The van der Waals surface area contributed by atoms with Gasteiger partial charge in [-0.25, -0.2) is 4.98 Å². The van der Waals surface area contributed by atoms with Crippen LogP contribution in [0.25, 0.3) is 0 Å². The molecule has 5 nitrogen and oxygen atoms in total. The van der Waals surface area contributed by atoms with Gasteiger partial charge in [0.25, 0.3) is 0 Å². The number of aromatic nitrogens is 2. The molecule has 21 heavy (non-hydrogen) atoms. The number of hydrogen-bond acceptors (Lipinski definition) is 5. The van der Waals surface area contributed by atoms with E-state index in [9.17, 15) is 0 Å². The Morgan fingerprint density at radius 1 is 1.33 bits per heavy atom. The summed E-state index contributed by atoms with van der Waals surface area (Å²) in [6.45, 7) is 1.04. The standard InChI is InChI=1S/C16H17N5/c1-21-8-4-6-14(13-5-2-3-7-15(13)21)20-16-11-18-10-12(9-17)19-16/h2-3,5,7,10-11,14H,4,6,8H2,1H3,(H,19,20). The zero-order valence-corrected chi connectivity index (χ0v) is 12.0. The molecule has 0 saturated carbocycles. The molecule has 2 heterocycles. The first kappa shape index (κ1) is 13.4. The number of fused-ring (bicyclic) bond motifs is 1. The van der Waals surface area contributed by atoms with Gasteiger partial charge in [-0.1, -0.05) is 18.2 Å². The minimum Gasteiger partial charge on any atom is -0.374 e. The van der Waals surface area contributed by atoms with E-state index in [-0.39, 0.29) is 6.04 Å². The van der Waals surface area contributed by atoms with Crippen LogP contribution in [-0.2, 0) is 0 Å². The van der Waals surface area contributed by atoms with E-state index in [0.717, 1.165) is 19.4 Å². The van der Waals surface area contributed by atoms with Crippen LogP contribution in [0.3, 0.4) is 0 Å². The number of anilines is 2. The molecule has 3 rings (SSSR count). The van der Waals surface area contributed by atoms with Gasteiger partial charge in [-0.05, 0) is 24.5 Å². The van der Waals surface area contributed by atoms with Gasteiger partial charge in [-0.2, -0.15) is 5.26 Å². The van der Waals surface area contributed by atoms with Crippen molar-refractivity contribution < 1.29 is 0 Å². The average Bonchev–Trinajstić information content (AvgIpc) is 2.68. The van der Waals surface area contributed by atoms with E-state index in [1.54, 1.807) is 6.20 Å². The Balaban J connectivity index is 1.91. The summed E-state index contributed by atoms with van der Waals surface area (Å²) in [5, 5.41) is 12.3. The summed E-state index contributed by atoms with van der Waals surface area (Å²) in [4.78, 5) is 10.6. The smallest absolute Gasteiger partial charge is 0.161 e. The van der Waals surface area contributed by atoms with E-state index in [0.29, 0.717) is 11.5 Å². The van der Waals surface area contributed by atoms with Gasteiger partial charge >= 0.3 is 0 Å². The highest BCUT2D eigenvalue weighted by molar-refractivity contribution is 5.57. The van der Waals surface area contributed by atoms with Crippen LogP contribution in [0, 0.1) is 11.3 Å². The molecule has 1 N–H and O–H groups in total. The lowest BCUT2D eigenvalue weighted by Gasteiger charge is -2.22. The topological polar surface area (TPSA) is 64.8 Å². The molecule has 1 aromatic carbocycles. The molecule has 1 aromatic heterocycles. The van der Waals surface area contributed by atoms with Gasteiger partial charge < -0.3 is 10.2 Å². The van der Waals surface area contributed by atoms with Crippen molar-refractivity contribution in [2.24, 2.45) is 0 Å². The first-order valence-corrected chi connectivity index (χ1v) is 7.06. The van der Waals surface area contributed by atoms with Crippen molar-refractivity contribution in [3.63, 3.8) is 0 Å². The molecule has 106 valence electrons. The molecule has 0 aliphatic carbocycles. The summed E-state index contributed by atoms with van der Waals surface area (Å²) in [6, 6.07) is 10.6. The molecule has 1 aliphatic heterocycles. The number of hydrogen-bond donors (Lipinski definition) is 1. The van der Waals surface area contributed by atoms with E-state index < -0.39 is 0 Å². The third-order valence-electron chi connectivity index (χ3n) is 3.78. The highest BCUT2D eigenvalue weighted by atomic mass is 15.1. The number of benzene rings is 1. The minimum atomic E-state index is 0.189. The predicted octanol–water partition coefficient (Wildman–Crippen LogP) is 2.73. The number of para-hydroxylation sites is 1. The maximum Gasteiger partial charge on any atom is 0.161 e. The molecule has 1 aliphatic rings. The average molecular weight is 279 g/mol. The first-order chi connectivity index (χ1) is 10.3. The Kier molecular flexibility index (Phi) is 3.69. The van der Waals surface area contributed by atoms with E-state index in [1.165, 1.54) is 17.4 Å². The van der Waals surface area contributed by atoms with Crippen LogP contribution in [0.5, 0.6) is 0 Å². The lowest BCUT2D eigenvalue weighted by molar-refractivity contribution is 0.664. The molecule has 0 fully saturated rings. The lowest BCUT2D eigenvalue weighted by Crippen LogP contribution is -2.17. The summed E-state index contributed by atoms with van der Waals surface area (Å²) in [7, 11) is 2.12. The number of nitrogens with zero attached hydrogens (tertiary/aromatic N) is 4. The largest absolute Gasteiger partial charge is 0.374 e. The highest BCUT2D eigenvalue weighted by Gasteiger charge is 2.21. The van der Waals surface area contributed by atoms with Crippen molar-refractivity contribution in [2.75, 3.05) is 23.8 Å². The second-order valence-electron chi connectivity index (χ2n) is 5.22. The van der Waals surface area contributed by atoms with E-state index in [2.05, 4.69) is 51.5 Å². The summed E-state index contributed by atoms with van der Waals surface area (Å²) in [5.41, 5.74) is 2.84. The van der Waals surface area contributed by atoms with Crippen LogP contribution in [0.2, 0.25) is 0 Å². The molecular weight excluding hydrogens is 262 g/mol. The summed E-state index contributed by atoms with van der Waals surface area (Å²) in [6.07, 6.45) is 5.27. The SMILES string of the molecule is CN1CCCC(Nc2cncc(C#N)n2)c2ccccc21. The molecule has 0 spiro atoms. The predicted molar refractivity (Wildman–Crippen MR) is 82.1 cm³/mol. The molecule has 0 radical (unpaired) electrons. The lowest BCUT2D eigenvalue weighted by atomic mass is 10.0. The van der Waals surface area contributed by atoms with Crippen LogP contribution in [0.15, 0.2) is 36.7 Å². The zero-order chi connectivity index (χ0) is 14.7. The first-order valence-electron chi connectivity index (χ1n) is 7.06. The van der Waals surface area contributed by atoms with Gasteiger partial charge in [-0.15, -0.1) is 0 Å². The summed E-state index contributed by atoms with van der Waals surface area (Å²) < 4.78 is 0. The second-order valence-corrected chi connectivity index (χ2v) is 5.22. The Bertz CT molecular complexity index is 676. The Labute approximate surface area is 124 Å². The van der Waals surface area contributed by atoms with Gasteiger partial charge in [0.15, 0.2) is 5.69 Å². The summed E-state index contributed by atoms with van der Waals surface area (Å²) >= 11 is 0. The molecule has 0 saturated heterocycles. The molecule has 2 aromatic rings. The molecule has 0 bridgehead atoms. The van der Waals surface area contributed by atoms with Crippen molar-refractivity contribution in [1.29, 1.82) is 5.26 Å². The molecular formula is C16H17N5. The monoisotopic (exact) mass is 279 g/mol. The molecule has 0 amide bonds. The number of nitrogens with one attached hydrogen (secondary N) is 1. The van der Waals surface area contributed by atoms with Crippen LogP contribution in [0.4, 0.5) is 11.5 Å². The van der Waals surface area contributed by atoms with Crippen molar-refractivity contribution in [3.05, 3.63) is 47.9 Å². The molecule has 5 heteroatoms. The quantitative estimate of drug-likeness (QED) is 0.915. The maximum absolute atomic E-state index is 8.92. The number of nitriles is 1. The minimum absolute atomic E-state index is 0.189. The fourth-order valence-corrected chi connectivity index (χ4v) is 2.76. The van der Waals surface area contributed by atoms with Gasteiger partial charge in [-0.3, -0.25) is 4.98 Å². The summed E-state index contributed by atoms with van der Waals surface area (Å²) in [5.74, 6) is 0.651. The van der Waals surface area contributed by atoms with Crippen molar-refractivity contribution in [3.8, 4) is 6.07 Å². The van der Waals surface area contributed by atoms with Crippen molar-refractivity contribution in [1.82, 2.24) is 9.97 Å². The number of rotatable bonds is 2. The Hall–Kier alpha value is -2.61. The fraction of sp³-hybridized carbons (Fsp3) is 0.312. The van der Waals surface area contributed by atoms with E-state index >= 15 is 0 Å². The molecule has 1 unspecified atom stereocenters. The van der Waals surface area contributed by atoms with Crippen LogP contribution < -0.4 is 10.2 Å². The van der Waals surface area contributed by atoms with Crippen LogP contribution in [-0.4, -0.2) is 23.6 Å². The maximum atomic E-state index is 8.92. The molecule has 1 atom stereocenters. The fourth-order valence-electron chi connectivity index (χ4n) is 2.76. The van der Waals surface area contributed by atoms with Crippen molar-refractivity contribution in [2.45, 2.75) is 18.9 Å². The highest BCUT2D eigenvalue weighted by Crippen LogP contribution is 2.33. The van der Waals surface area contributed by atoms with Gasteiger partial charge in [0, 0.05) is 19.3 Å². The second kappa shape index (κ2) is 5.80.